The molecule has 0 aromatic heterocycles. The van der Waals surface area contributed by atoms with Crippen LogP contribution in [-0.2, 0) is 14.6 Å². The monoisotopic (exact) mass is 208 g/mol. The second-order valence-electron chi connectivity index (χ2n) is 3.78. The highest BCUT2D eigenvalue weighted by molar-refractivity contribution is 7.91. The van der Waals surface area contributed by atoms with Gasteiger partial charge in [0.25, 0.3) is 0 Å². The number of hydrogen-bond acceptors (Lipinski definition) is 3. The van der Waals surface area contributed by atoms with Crippen molar-refractivity contribution in [1.82, 2.24) is 0 Å². The van der Waals surface area contributed by atoms with Crippen LogP contribution in [0.3, 0.4) is 0 Å². The molecule has 0 aromatic carbocycles. The van der Waals surface area contributed by atoms with E-state index in [9.17, 15) is 13.2 Å². The molecule has 0 aromatic rings. The molecule has 4 nitrogen and oxygen atoms in total. The van der Waals surface area contributed by atoms with Gasteiger partial charge in [0.1, 0.15) is 0 Å². The Morgan fingerprint density at radius 1 is 1.38 bits per heavy atom. The summed E-state index contributed by atoms with van der Waals surface area (Å²) in [5.41, 5.74) is -1.19. The number of carbonyl (C=O) groups is 1. The summed E-state index contributed by atoms with van der Waals surface area (Å²) in [6.45, 7) is 4.59. The molecule has 0 atom stereocenters. The lowest BCUT2D eigenvalue weighted by atomic mass is 9.97. The molecular formula is C8H16O4S. The van der Waals surface area contributed by atoms with Gasteiger partial charge in [0.05, 0.1) is 11.2 Å². The van der Waals surface area contributed by atoms with E-state index in [1.54, 1.807) is 6.92 Å². The fourth-order valence-corrected chi connectivity index (χ4v) is 2.98. The van der Waals surface area contributed by atoms with Gasteiger partial charge in [-0.15, -0.1) is 0 Å². The van der Waals surface area contributed by atoms with E-state index < -0.39 is 21.2 Å². The lowest BCUT2D eigenvalue weighted by molar-refractivity contribution is -0.145. The van der Waals surface area contributed by atoms with Gasteiger partial charge in [0.15, 0.2) is 9.84 Å². The summed E-state index contributed by atoms with van der Waals surface area (Å²) in [5.74, 6) is -1.31. The maximum atomic E-state index is 11.3. The molecule has 0 radical (unpaired) electrons. The zero-order valence-electron chi connectivity index (χ0n) is 8.20. The van der Waals surface area contributed by atoms with Crippen molar-refractivity contribution in [3.8, 4) is 0 Å². The van der Waals surface area contributed by atoms with Crippen LogP contribution in [0.5, 0.6) is 0 Å². The van der Waals surface area contributed by atoms with Crippen molar-refractivity contribution in [1.29, 1.82) is 0 Å². The Morgan fingerprint density at radius 3 is 2.15 bits per heavy atom. The van der Waals surface area contributed by atoms with E-state index in [0.29, 0.717) is 6.42 Å². The van der Waals surface area contributed by atoms with E-state index in [1.165, 1.54) is 13.8 Å². The van der Waals surface area contributed by atoms with Crippen molar-refractivity contribution in [2.45, 2.75) is 27.2 Å². The van der Waals surface area contributed by atoms with Crippen molar-refractivity contribution in [2.24, 2.45) is 5.41 Å². The van der Waals surface area contributed by atoms with Crippen LogP contribution in [0.4, 0.5) is 0 Å². The number of aliphatic carboxylic acids is 1. The number of carboxylic acids is 1. The standard InChI is InChI=1S/C8H16O4S/c1-4-5-13(11,12)6-8(2,3)7(9)10/h4-6H2,1-3H3,(H,9,10). The second kappa shape index (κ2) is 4.09. The Hall–Kier alpha value is -0.580. The fraction of sp³-hybridized carbons (Fsp3) is 0.875. The zero-order chi connectivity index (χ0) is 10.7. The Balaban J connectivity index is 4.53. The summed E-state index contributed by atoms with van der Waals surface area (Å²) < 4.78 is 22.6. The van der Waals surface area contributed by atoms with Crippen LogP contribution in [0.15, 0.2) is 0 Å². The zero-order valence-corrected chi connectivity index (χ0v) is 9.02. The first kappa shape index (κ1) is 12.4. The minimum atomic E-state index is -3.22. The topological polar surface area (TPSA) is 71.4 Å². The summed E-state index contributed by atoms with van der Waals surface area (Å²) >= 11 is 0. The molecule has 1 N–H and O–H groups in total. The van der Waals surface area contributed by atoms with Crippen molar-refractivity contribution in [3.05, 3.63) is 0 Å². The Bertz CT molecular complexity index is 277. The van der Waals surface area contributed by atoms with Gasteiger partial charge in [0, 0.05) is 5.75 Å². The Labute approximate surface area is 78.9 Å². The maximum Gasteiger partial charge on any atom is 0.310 e. The van der Waals surface area contributed by atoms with Crippen molar-refractivity contribution < 1.29 is 18.3 Å². The maximum absolute atomic E-state index is 11.3. The molecule has 5 heteroatoms. The molecule has 0 aliphatic rings. The second-order valence-corrected chi connectivity index (χ2v) is 5.97. The quantitative estimate of drug-likeness (QED) is 0.729. The molecule has 0 aliphatic carbocycles. The van der Waals surface area contributed by atoms with Gasteiger partial charge in [-0.05, 0) is 20.3 Å². The number of sulfone groups is 1. The highest BCUT2D eigenvalue weighted by Gasteiger charge is 2.32. The molecule has 0 fully saturated rings. The predicted octanol–water partition coefficient (Wildman–Crippen LogP) is 0.922. The third-order valence-electron chi connectivity index (χ3n) is 1.67. The molecule has 13 heavy (non-hydrogen) atoms. The van der Waals surface area contributed by atoms with Gasteiger partial charge in [-0.1, -0.05) is 6.92 Å². The smallest absolute Gasteiger partial charge is 0.310 e. The molecule has 0 unspecified atom stereocenters. The van der Waals surface area contributed by atoms with Gasteiger partial charge in [-0.2, -0.15) is 0 Å². The van der Waals surface area contributed by atoms with E-state index in [-0.39, 0.29) is 11.5 Å². The first-order valence-electron chi connectivity index (χ1n) is 4.15. The summed E-state index contributed by atoms with van der Waals surface area (Å²) in [6.07, 6.45) is 0.526. The van der Waals surface area contributed by atoms with Gasteiger partial charge in [-0.3, -0.25) is 4.79 Å². The van der Waals surface area contributed by atoms with Crippen LogP contribution in [-0.4, -0.2) is 31.0 Å². The normalized spacial score (nSPS) is 12.8. The molecule has 78 valence electrons. The van der Waals surface area contributed by atoms with Crippen LogP contribution in [0.25, 0.3) is 0 Å². The molecule has 0 saturated heterocycles. The fourth-order valence-electron chi connectivity index (χ4n) is 0.995. The minimum absolute atomic E-state index is 0.0592. The van der Waals surface area contributed by atoms with E-state index in [2.05, 4.69) is 0 Å². The van der Waals surface area contributed by atoms with Crippen LogP contribution in [0, 0.1) is 5.41 Å². The summed E-state index contributed by atoms with van der Waals surface area (Å²) in [6, 6.07) is 0. The molecule has 0 rings (SSSR count). The largest absolute Gasteiger partial charge is 0.481 e. The van der Waals surface area contributed by atoms with Crippen LogP contribution >= 0.6 is 0 Å². The predicted molar refractivity (Wildman–Crippen MR) is 50.4 cm³/mol. The van der Waals surface area contributed by atoms with Crippen molar-refractivity contribution in [3.63, 3.8) is 0 Å². The van der Waals surface area contributed by atoms with Crippen LogP contribution in [0.1, 0.15) is 27.2 Å². The summed E-state index contributed by atoms with van der Waals surface area (Å²) in [4.78, 5) is 10.6. The molecule has 0 bridgehead atoms. The average molecular weight is 208 g/mol. The van der Waals surface area contributed by atoms with E-state index in [1.807, 2.05) is 0 Å². The van der Waals surface area contributed by atoms with Gasteiger partial charge in [-0.25, -0.2) is 8.42 Å². The lowest BCUT2D eigenvalue weighted by Gasteiger charge is -2.18. The summed E-state index contributed by atoms with van der Waals surface area (Å²) in [7, 11) is -3.22. The minimum Gasteiger partial charge on any atom is -0.481 e. The van der Waals surface area contributed by atoms with Gasteiger partial charge < -0.3 is 5.11 Å². The number of carboxylic acid groups (broad SMARTS) is 1. The third kappa shape index (κ3) is 4.26. The molecular weight excluding hydrogens is 192 g/mol. The SMILES string of the molecule is CCCS(=O)(=O)CC(C)(C)C(=O)O. The van der Waals surface area contributed by atoms with Crippen molar-refractivity contribution >= 4 is 15.8 Å². The van der Waals surface area contributed by atoms with E-state index in [0.717, 1.165) is 0 Å². The molecule has 0 heterocycles. The van der Waals surface area contributed by atoms with Crippen molar-refractivity contribution in [2.75, 3.05) is 11.5 Å². The van der Waals surface area contributed by atoms with E-state index in [4.69, 9.17) is 5.11 Å². The third-order valence-corrected chi connectivity index (χ3v) is 3.87. The first-order valence-corrected chi connectivity index (χ1v) is 5.97. The Morgan fingerprint density at radius 2 is 1.85 bits per heavy atom. The van der Waals surface area contributed by atoms with Gasteiger partial charge >= 0.3 is 5.97 Å². The lowest BCUT2D eigenvalue weighted by Crippen LogP contribution is -2.33. The molecule has 0 aliphatic heterocycles. The summed E-state index contributed by atoms with van der Waals surface area (Å²) in [5, 5.41) is 8.71. The van der Waals surface area contributed by atoms with Gasteiger partial charge in [0.2, 0.25) is 0 Å². The molecule has 0 amide bonds. The average Bonchev–Trinajstić information content (AvgIpc) is 1.83. The highest BCUT2D eigenvalue weighted by atomic mass is 32.2. The first-order chi connectivity index (χ1) is 5.71. The Kier molecular flexibility index (Phi) is 3.90. The molecule has 0 saturated carbocycles. The van der Waals surface area contributed by atoms with E-state index >= 15 is 0 Å². The number of rotatable bonds is 5. The van der Waals surface area contributed by atoms with Crippen LogP contribution < -0.4 is 0 Å². The molecule has 0 spiro atoms. The van der Waals surface area contributed by atoms with Crippen LogP contribution in [0.2, 0.25) is 0 Å². The highest BCUT2D eigenvalue weighted by Crippen LogP contribution is 2.18. The number of hydrogen-bond donors (Lipinski definition) is 1.